The van der Waals surface area contributed by atoms with Crippen LogP contribution in [-0.2, 0) is 11.3 Å². The summed E-state index contributed by atoms with van der Waals surface area (Å²) >= 11 is 0. The summed E-state index contributed by atoms with van der Waals surface area (Å²) in [5.74, 6) is 0.0289. The van der Waals surface area contributed by atoms with E-state index in [1.54, 1.807) is 4.90 Å². The molecule has 0 atom stereocenters. The highest BCUT2D eigenvalue weighted by Crippen LogP contribution is 2.26. The minimum Gasteiger partial charge on any atom is -0.378 e. The van der Waals surface area contributed by atoms with Crippen LogP contribution in [0, 0.1) is 0 Å². The monoisotopic (exact) mass is 386 g/mol. The summed E-state index contributed by atoms with van der Waals surface area (Å²) in [6.07, 6.45) is 0. The van der Waals surface area contributed by atoms with Crippen LogP contribution in [0.5, 0.6) is 0 Å². The topological polar surface area (TPSA) is 32.8 Å². The number of ether oxygens (including phenoxy) is 1. The maximum Gasteiger partial charge on any atom is 0.254 e. The largest absolute Gasteiger partial charge is 0.378 e. The van der Waals surface area contributed by atoms with Gasteiger partial charge in [-0.15, -0.1) is 0 Å². The Morgan fingerprint density at radius 1 is 0.897 bits per heavy atom. The van der Waals surface area contributed by atoms with Crippen LogP contribution >= 0.6 is 0 Å². The minimum atomic E-state index is 0.0289. The fourth-order valence-corrected chi connectivity index (χ4v) is 3.83. The van der Waals surface area contributed by atoms with Crippen LogP contribution in [0.15, 0.2) is 78.9 Å². The molecule has 1 amide bonds. The standard InChI is InChI=1S/C25H26N2O2/c1-26(19-21-11-5-8-14-24(21)27-15-17-29-18-16-27)25(28)23-13-7-6-12-22(23)20-9-3-2-4-10-20/h2-14H,15-19H2,1H3. The van der Waals surface area contributed by atoms with Gasteiger partial charge in [0.15, 0.2) is 0 Å². The lowest BCUT2D eigenvalue weighted by Gasteiger charge is -2.31. The van der Waals surface area contributed by atoms with E-state index >= 15 is 0 Å². The van der Waals surface area contributed by atoms with Crippen LogP contribution in [0.2, 0.25) is 0 Å². The summed E-state index contributed by atoms with van der Waals surface area (Å²) in [6.45, 7) is 3.81. The number of hydrogen-bond donors (Lipinski definition) is 0. The first kappa shape index (κ1) is 19.2. The van der Waals surface area contributed by atoms with E-state index in [-0.39, 0.29) is 5.91 Å². The number of hydrogen-bond acceptors (Lipinski definition) is 3. The van der Waals surface area contributed by atoms with E-state index in [9.17, 15) is 4.79 Å². The molecule has 0 bridgehead atoms. The number of anilines is 1. The van der Waals surface area contributed by atoms with Crippen molar-refractivity contribution in [2.45, 2.75) is 6.54 Å². The average molecular weight is 386 g/mol. The first-order valence-corrected chi connectivity index (χ1v) is 10.0. The summed E-state index contributed by atoms with van der Waals surface area (Å²) in [5, 5.41) is 0. The third kappa shape index (κ3) is 4.33. The Morgan fingerprint density at radius 3 is 2.34 bits per heavy atom. The van der Waals surface area contributed by atoms with E-state index in [4.69, 9.17) is 4.74 Å². The van der Waals surface area contributed by atoms with Crippen LogP contribution in [-0.4, -0.2) is 44.2 Å². The van der Waals surface area contributed by atoms with E-state index in [2.05, 4.69) is 23.1 Å². The number of morpholine rings is 1. The van der Waals surface area contributed by atoms with Crippen molar-refractivity contribution in [2.24, 2.45) is 0 Å². The maximum atomic E-state index is 13.3. The first-order chi connectivity index (χ1) is 14.2. The van der Waals surface area contributed by atoms with E-state index in [1.165, 1.54) is 5.69 Å². The molecule has 0 N–H and O–H groups in total. The van der Waals surface area contributed by atoms with Gasteiger partial charge in [-0.25, -0.2) is 0 Å². The molecule has 0 radical (unpaired) electrons. The Kier molecular flexibility index (Phi) is 5.92. The number of benzene rings is 3. The van der Waals surface area contributed by atoms with Gasteiger partial charge in [0.05, 0.1) is 13.2 Å². The zero-order valence-corrected chi connectivity index (χ0v) is 16.8. The molecule has 1 fully saturated rings. The Hall–Kier alpha value is -3.11. The van der Waals surface area contributed by atoms with Crippen LogP contribution in [0.4, 0.5) is 5.69 Å². The molecule has 29 heavy (non-hydrogen) atoms. The van der Waals surface area contributed by atoms with Gasteiger partial charge in [0.2, 0.25) is 0 Å². The molecule has 1 aliphatic heterocycles. The highest BCUT2D eigenvalue weighted by Gasteiger charge is 2.19. The molecule has 0 saturated carbocycles. The lowest BCUT2D eigenvalue weighted by atomic mass is 9.99. The highest BCUT2D eigenvalue weighted by atomic mass is 16.5. The van der Waals surface area contributed by atoms with Crippen molar-refractivity contribution in [1.82, 2.24) is 4.90 Å². The van der Waals surface area contributed by atoms with Gasteiger partial charge in [0.1, 0.15) is 0 Å². The minimum absolute atomic E-state index is 0.0289. The zero-order chi connectivity index (χ0) is 20.1. The SMILES string of the molecule is CN(Cc1ccccc1N1CCOCC1)C(=O)c1ccccc1-c1ccccc1. The van der Waals surface area contributed by atoms with Crippen LogP contribution < -0.4 is 4.90 Å². The molecule has 1 saturated heterocycles. The molecule has 4 heteroatoms. The van der Waals surface area contributed by atoms with Crippen molar-refractivity contribution in [2.75, 3.05) is 38.3 Å². The average Bonchev–Trinajstić information content (AvgIpc) is 2.80. The molecule has 0 aromatic heterocycles. The van der Waals surface area contributed by atoms with Crippen molar-refractivity contribution in [3.05, 3.63) is 90.0 Å². The van der Waals surface area contributed by atoms with Crippen LogP contribution in [0.25, 0.3) is 11.1 Å². The fourth-order valence-electron chi connectivity index (χ4n) is 3.83. The molecular weight excluding hydrogens is 360 g/mol. The Labute approximate surface area is 172 Å². The first-order valence-electron chi connectivity index (χ1n) is 10.0. The van der Waals surface area contributed by atoms with E-state index in [0.29, 0.717) is 6.54 Å². The van der Waals surface area contributed by atoms with E-state index in [0.717, 1.165) is 48.6 Å². The second-order valence-corrected chi connectivity index (χ2v) is 7.30. The fraction of sp³-hybridized carbons (Fsp3) is 0.240. The summed E-state index contributed by atoms with van der Waals surface area (Å²) in [6, 6.07) is 26.2. The van der Waals surface area contributed by atoms with Crippen molar-refractivity contribution < 1.29 is 9.53 Å². The van der Waals surface area contributed by atoms with Gasteiger partial charge in [-0.1, -0.05) is 66.7 Å². The van der Waals surface area contributed by atoms with E-state index in [1.807, 2.05) is 67.7 Å². The quantitative estimate of drug-likeness (QED) is 0.649. The van der Waals surface area contributed by atoms with Crippen molar-refractivity contribution in [3.63, 3.8) is 0 Å². The molecule has 1 aliphatic rings. The summed E-state index contributed by atoms with van der Waals surface area (Å²) in [4.78, 5) is 17.5. The second-order valence-electron chi connectivity index (χ2n) is 7.30. The van der Waals surface area contributed by atoms with Crippen LogP contribution in [0.3, 0.4) is 0 Å². The number of rotatable bonds is 5. The molecular formula is C25H26N2O2. The molecule has 4 rings (SSSR count). The molecule has 0 unspecified atom stereocenters. The molecule has 3 aromatic rings. The Bertz CT molecular complexity index is 965. The zero-order valence-electron chi connectivity index (χ0n) is 16.8. The third-order valence-electron chi connectivity index (χ3n) is 5.34. The normalized spacial score (nSPS) is 13.9. The lowest BCUT2D eigenvalue weighted by Crippen LogP contribution is -2.37. The summed E-state index contributed by atoms with van der Waals surface area (Å²) < 4.78 is 5.49. The van der Waals surface area contributed by atoms with E-state index < -0.39 is 0 Å². The second kappa shape index (κ2) is 8.93. The maximum absolute atomic E-state index is 13.3. The van der Waals surface area contributed by atoms with Crippen molar-refractivity contribution >= 4 is 11.6 Å². The molecule has 1 heterocycles. The van der Waals surface area contributed by atoms with Gasteiger partial charge in [-0.2, -0.15) is 0 Å². The smallest absolute Gasteiger partial charge is 0.254 e. The van der Waals surface area contributed by atoms with Crippen molar-refractivity contribution in [3.8, 4) is 11.1 Å². The molecule has 0 aliphatic carbocycles. The molecule has 0 spiro atoms. The van der Waals surface area contributed by atoms with Gasteiger partial charge in [-0.3, -0.25) is 4.79 Å². The number of para-hydroxylation sites is 1. The van der Waals surface area contributed by atoms with Crippen molar-refractivity contribution in [1.29, 1.82) is 0 Å². The molecule has 3 aromatic carbocycles. The van der Waals surface area contributed by atoms with Gasteiger partial charge in [0, 0.05) is 37.9 Å². The number of nitrogens with zero attached hydrogens (tertiary/aromatic N) is 2. The summed E-state index contributed by atoms with van der Waals surface area (Å²) in [7, 11) is 1.88. The summed E-state index contributed by atoms with van der Waals surface area (Å²) in [5.41, 5.74) is 5.09. The van der Waals surface area contributed by atoms with Crippen LogP contribution in [0.1, 0.15) is 15.9 Å². The van der Waals surface area contributed by atoms with Gasteiger partial charge >= 0.3 is 0 Å². The Morgan fingerprint density at radius 2 is 1.55 bits per heavy atom. The van der Waals surface area contributed by atoms with Gasteiger partial charge < -0.3 is 14.5 Å². The lowest BCUT2D eigenvalue weighted by molar-refractivity contribution is 0.0785. The molecule has 4 nitrogen and oxygen atoms in total. The molecule has 148 valence electrons. The number of carbonyl (C=O) groups excluding carboxylic acids is 1. The van der Waals surface area contributed by atoms with Gasteiger partial charge in [0.25, 0.3) is 5.91 Å². The highest BCUT2D eigenvalue weighted by molar-refractivity contribution is 6.00. The predicted molar refractivity (Wildman–Crippen MR) is 117 cm³/mol. The third-order valence-corrected chi connectivity index (χ3v) is 5.34. The predicted octanol–water partition coefficient (Wildman–Crippen LogP) is 4.46. The number of carbonyl (C=O) groups is 1. The van der Waals surface area contributed by atoms with Gasteiger partial charge in [-0.05, 0) is 28.8 Å². The Balaban J connectivity index is 1.58. The number of amides is 1.